The lowest BCUT2D eigenvalue weighted by molar-refractivity contribution is -0.138. The number of hydrogen-bond acceptors (Lipinski definition) is 5. The number of carbonyl (C=O) groups excluding carboxylic acids is 1. The molecule has 0 aromatic heterocycles. The number of nitrogens with zero attached hydrogens (tertiary/aromatic N) is 1. The maximum absolute atomic E-state index is 13.1. The van der Waals surface area contributed by atoms with Crippen LogP contribution >= 0.6 is 0 Å². The fraction of sp³-hybridized carbons (Fsp3) is 0.263. The summed E-state index contributed by atoms with van der Waals surface area (Å²) in [6, 6.07) is 7.50. The van der Waals surface area contributed by atoms with Crippen LogP contribution in [0, 0.1) is 17.1 Å². The smallest absolute Gasteiger partial charge is 0.379 e. The van der Waals surface area contributed by atoms with Crippen LogP contribution in [0.25, 0.3) is 0 Å². The van der Waals surface area contributed by atoms with Crippen LogP contribution in [0.2, 0.25) is 0 Å². The molecule has 11 heteroatoms. The first kappa shape index (κ1) is 23.3. The Morgan fingerprint density at radius 3 is 2.27 bits per heavy atom. The highest BCUT2D eigenvalue weighted by Gasteiger charge is 2.40. The lowest BCUT2D eigenvalue weighted by Crippen LogP contribution is -2.48. The molecule has 30 heavy (non-hydrogen) atoms. The molecular formula is C19H16F4N2O4S. The average molecular weight is 444 g/mol. The molecule has 0 unspecified atom stereocenters. The van der Waals surface area contributed by atoms with E-state index in [1.54, 1.807) is 0 Å². The van der Waals surface area contributed by atoms with Gasteiger partial charge in [0, 0.05) is 5.69 Å². The highest BCUT2D eigenvalue weighted by molar-refractivity contribution is 7.91. The largest absolute Gasteiger partial charge is 0.417 e. The second-order valence-electron chi connectivity index (χ2n) is 6.42. The summed E-state index contributed by atoms with van der Waals surface area (Å²) in [6.45, 7) is 1.32. The van der Waals surface area contributed by atoms with Crippen molar-refractivity contribution >= 4 is 21.4 Å². The number of sulfone groups is 1. The number of aliphatic hydroxyl groups is 1. The zero-order valence-corrected chi connectivity index (χ0v) is 16.3. The third-order valence-corrected chi connectivity index (χ3v) is 6.16. The summed E-state index contributed by atoms with van der Waals surface area (Å²) in [7, 11) is -4.23. The van der Waals surface area contributed by atoms with E-state index in [2.05, 4.69) is 5.32 Å². The fourth-order valence-corrected chi connectivity index (χ4v) is 4.25. The van der Waals surface area contributed by atoms with E-state index in [0.29, 0.717) is 6.07 Å². The Kier molecular flexibility index (Phi) is 6.54. The average Bonchev–Trinajstić information content (AvgIpc) is 2.67. The normalized spacial score (nSPS) is 13.9. The Hall–Kier alpha value is -2.97. The number of amides is 1. The van der Waals surface area contributed by atoms with Crippen molar-refractivity contribution in [3.05, 3.63) is 59.4 Å². The Bertz CT molecular complexity index is 1090. The summed E-state index contributed by atoms with van der Waals surface area (Å²) in [6.07, 6.45) is -5.24. The molecule has 2 N–H and O–H groups in total. The number of hydrogen-bond donors (Lipinski definition) is 2. The highest BCUT2D eigenvalue weighted by atomic mass is 32.2. The zero-order chi connectivity index (χ0) is 22.7. The van der Waals surface area contributed by atoms with Crippen LogP contribution in [-0.2, 0) is 20.8 Å². The van der Waals surface area contributed by atoms with Crippen LogP contribution in [0.3, 0.4) is 0 Å². The van der Waals surface area contributed by atoms with E-state index in [1.807, 2.05) is 0 Å². The second-order valence-corrected chi connectivity index (χ2v) is 8.41. The third kappa shape index (κ3) is 5.14. The molecule has 0 saturated carbocycles. The summed E-state index contributed by atoms with van der Waals surface area (Å²) in [5.41, 5.74) is -4.80. The van der Waals surface area contributed by atoms with Crippen molar-refractivity contribution in [2.45, 2.75) is 30.0 Å². The van der Waals surface area contributed by atoms with Crippen molar-refractivity contribution in [1.29, 1.82) is 5.26 Å². The molecule has 0 aliphatic heterocycles. The maximum atomic E-state index is 13.1. The van der Waals surface area contributed by atoms with Gasteiger partial charge in [-0.15, -0.1) is 0 Å². The Morgan fingerprint density at radius 1 is 1.17 bits per heavy atom. The molecular weight excluding hydrogens is 428 g/mol. The molecule has 2 rings (SSSR count). The first-order valence-electron chi connectivity index (χ1n) is 8.46. The Balaban J connectivity index is 2.31. The van der Waals surface area contributed by atoms with Gasteiger partial charge in [-0.2, -0.15) is 18.4 Å². The minimum Gasteiger partial charge on any atom is -0.379 e. The van der Waals surface area contributed by atoms with E-state index in [4.69, 9.17) is 5.26 Å². The lowest BCUT2D eigenvalue weighted by atomic mass is 10.0. The molecule has 0 fully saturated rings. The van der Waals surface area contributed by atoms with Crippen LogP contribution in [-0.4, -0.2) is 30.8 Å². The molecule has 2 aromatic carbocycles. The van der Waals surface area contributed by atoms with E-state index in [-0.39, 0.29) is 17.0 Å². The Labute approximate surface area is 169 Å². The molecule has 0 saturated heterocycles. The number of anilines is 1. The number of nitrogens with one attached hydrogen (secondary N) is 1. The molecule has 0 bridgehead atoms. The van der Waals surface area contributed by atoms with Crippen molar-refractivity contribution < 1.29 is 35.9 Å². The SMILES string of the molecule is CC[C@](O)(CS(=O)(=O)c1ccc(F)cc1)C(=O)Nc1ccc(C#N)c(C(F)(F)F)c1. The van der Waals surface area contributed by atoms with Crippen molar-refractivity contribution in [1.82, 2.24) is 0 Å². The van der Waals surface area contributed by atoms with Crippen molar-refractivity contribution in [3.8, 4) is 6.07 Å². The minimum atomic E-state index is -4.86. The molecule has 160 valence electrons. The molecule has 0 aliphatic carbocycles. The molecule has 1 amide bonds. The number of rotatable bonds is 6. The van der Waals surface area contributed by atoms with Gasteiger partial charge < -0.3 is 10.4 Å². The first-order chi connectivity index (χ1) is 13.8. The van der Waals surface area contributed by atoms with Gasteiger partial charge in [-0.05, 0) is 48.9 Å². The van der Waals surface area contributed by atoms with Gasteiger partial charge in [-0.3, -0.25) is 4.79 Å². The maximum Gasteiger partial charge on any atom is 0.417 e. The van der Waals surface area contributed by atoms with E-state index >= 15 is 0 Å². The van der Waals surface area contributed by atoms with Crippen LogP contribution in [0.5, 0.6) is 0 Å². The van der Waals surface area contributed by atoms with Crippen LogP contribution in [0.1, 0.15) is 24.5 Å². The summed E-state index contributed by atoms with van der Waals surface area (Å²) in [4.78, 5) is 12.2. The summed E-state index contributed by atoms with van der Waals surface area (Å²) in [5, 5.41) is 21.5. The van der Waals surface area contributed by atoms with E-state index in [9.17, 15) is 35.9 Å². The first-order valence-corrected chi connectivity index (χ1v) is 10.1. The molecule has 2 aromatic rings. The number of benzene rings is 2. The van der Waals surface area contributed by atoms with Crippen molar-refractivity contribution in [2.24, 2.45) is 0 Å². The molecule has 0 aliphatic rings. The predicted molar refractivity (Wildman–Crippen MR) is 98.5 cm³/mol. The van der Waals surface area contributed by atoms with Gasteiger partial charge in [0.2, 0.25) is 0 Å². The minimum absolute atomic E-state index is 0.332. The predicted octanol–water partition coefficient (Wildman–Crippen LogP) is 3.27. The van der Waals surface area contributed by atoms with Crippen LogP contribution in [0.4, 0.5) is 23.2 Å². The molecule has 0 spiro atoms. The van der Waals surface area contributed by atoms with Gasteiger partial charge >= 0.3 is 6.18 Å². The van der Waals surface area contributed by atoms with E-state index in [1.165, 1.54) is 13.0 Å². The topological polar surface area (TPSA) is 107 Å². The summed E-state index contributed by atoms with van der Waals surface area (Å²) in [5.74, 6) is -3.00. The second kappa shape index (κ2) is 8.41. The van der Waals surface area contributed by atoms with E-state index in [0.717, 1.165) is 36.4 Å². The third-order valence-electron chi connectivity index (χ3n) is 4.31. The quantitative estimate of drug-likeness (QED) is 0.525. The molecule has 0 heterocycles. The number of alkyl halides is 3. The van der Waals surface area contributed by atoms with Crippen molar-refractivity contribution in [2.75, 3.05) is 11.1 Å². The van der Waals surface area contributed by atoms with E-state index < -0.39 is 50.2 Å². The van der Waals surface area contributed by atoms with Gasteiger partial charge in [0.05, 0.1) is 27.8 Å². The van der Waals surface area contributed by atoms with Gasteiger partial charge in [-0.1, -0.05) is 6.92 Å². The number of halogens is 4. The molecule has 6 nitrogen and oxygen atoms in total. The highest BCUT2D eigenvalue weighted by Crippen LogP contribution is 2.34. The van der Waals surface area contributed by atoms with Crippen LogP contribution in [0.15, 0.2) is 47.4 Å². The number of carbonyl (C=O) groups is 1. The van der Waals surface area contributed by atoms with Gasteiger partial charge in [0.25, 0.3) is 5.91 Å². The Morgan fingerprint density at radius 2 is 1.77 bits per heavy atom. The van der Waals surface area contributed by atoms with Gasteiger partial charge in [-0.25, -0.2) is 12.8 Å². The monoisotopic (exact) mass is 444 g/mol. The van der Waals surface area contributed by atoms with Crippen molar-refractivity contribution in [3.63, 3.8) is 0 Å². The number of nitriles is 1. The van der Waals surface area contributed by atoms with Gasteiger partial charge in [0.15, 0.2) is 15.4 Å². The molecule has 1 atom stereocenters. The summed E-state index contributed by atoms with van der Waals surface area (Å²) < 4.78 is 77.2. The standard InChI is InChI=1S/C19H16F4N2O4S/c1-2-18(27,11-30(28,29)15-7-4-13(20)5-8-15)17(26)25-14-6-3-12(10-24)16(9-14)19(21,22)23/h3-9,27H,2,11H2,1H3,(H,25,26)/t18-/m0/s1. The lowest BCUT2D eigenvalue weighted by Gasteiger charge is -2.25. The fourth-order valence-electron chi connectivity index (χ4n) is 2.57. The van der Waals surface area contributed by atoms with Gasteiger partial charge in [0.1, 0.15) is 5.82 Å². The zero-order valence-electron chi connectivity index (χ0n) is 15.5. The molecule has 0 radical (unpaired) electrons. The summed E-state index contributed by atoms with van der Waals surface area (Å²) >= 11 is 0. The van der Waals surface area contributed by atoms with Crippen LogP contribution < -0.4 is 5.32 Å².